The molecular weight excluding hydrogens is 442 g/mol. The Morgan fingerprint density at radius 3 is 2.75 bits per heavy atom. The van der Waals surface area contributed by atoms with E-state index in [1.165, 1.54) is 23.1 Å². The Balaban J connectivity index is 1.30. The topological polar surface area (TPSA) is 103 Å². The minimum absolute atomic E-state index is 0.167. The maximum atomic E-state index is 12.7. The van der Waals surface area contributed by atoms with Crippen molar-refractivity contribution in [2.45, 2.75) is 50.1 Å². The van der Waals surface area contributed by atoms with Gasteiger partial charge in [0.05, 0.1) is 17.0 Å². The fraction of sp³-hybridized carbons (Fsp3) is 0.391. The van der Waals surface area contributed by atoms with Gasteiger partial charge in [0.1, 0.15) is 10.8 Å². The molecule has 1 aromatic carbocycles. The maximum absolute atomic E-state index is 12.7. The number of hydrogen-bond donors (Lipinski definition) is 2. The minimum atomic E-state index is -0.475. The molecule has 1 fully saturated rings. The van der Waals surface area contributed by atoms with E-state index in [9.17, 15) is 9.59 Å². The Morgan fingerprint density at radius 2 is 2.03 bits per heavy atom. The number of nitrogens with zero attached hydrogens (tertiary/aromatic N) is 3. The highest BCUT2D eigenvalue weighted by Crippen LogP contribution is 2.41. The average Bonchev–Trinajstić information content (AvgIpc) is 3.43. The molecule has 0 radical (unpaired) electrons. The predicted molar refractivity (Wildman–Crippen MR) is 127 cm³/mol. The van der Waals surface area contributed by atoms with E-state index in [0.717, 1.165) is 54.1 Å². The number of benzene rings is 1. The molecular formula is C23H25N5O2S2. The molecule has 9 heteroatoms. The Hall–Kier alpha value is -2.65. The Bertz CT molecular complexity index is 1170. The zero-order valence-corrected chi connectivity index (χ0v) is 19.5. The number of thioether (sulfide) groups is 1. The summed E-state index contributed by atoms with van der Waals surface area (Å²) in [5.74, 6) is 1.47. The Labute approximate surface area is 194 Å². The molecule has 1 saturated carbocycles. The fourth-order valence-electron chi connectivity index (χ4n) is 4.12. The van der Waals surface area contributed by atoms with Crippen LogP contribution in [0.5, 0.6) is 0 Å². The summed E-state index contributed by atoms with van der Waals surface area (Å²) in [5, 5.41) is 8.72. The first-order valence-corrected chi connectivity index (χ1v) is 12.7. The van der Waals surface area contributed by atoms with Crippen LogP contribution in [-0.4, -0.2) is 32.3 Å². The van der Waals surface area contributed by atoms with Gasteiger partial charge in [-0.25, -0.2) is 9.67 Å². The number of anilines is 1. The third-order valence-electron chi connectivity index (χ3n) is 5.90. The van der Waals surface area contributed by atoms with Crippen LogP contribution in [0.25, 0.3) is 5.69 Å². The van der Waals surface area contributed by atoms with Crippen molar-refractivity contribution in [3.8, 4) is 5.69 Å². The second-order valence-electron chi connectivity index (χ2n) is 8.53. The molecule has 0 aliphatic heterocycles. The van der Waals surface area contributed by atoms with Crippen LogP contribution in [0, 0.1) is 5.92 Å². The van der Waals surface area contributed by atoms with Crippen LogP contribution in [0.2, 0.25) is 0 Å². The molecule has 2 aliphatic carbocycles. The summed E-state index contributed by atoms with van der Waals surface area (Å²) in [6.45, 7) is 2.21. The second-order valence-corrected chi connectivity index (χ2v) is 10.6. The van der Waals surface area contributed by atoms with Crippen molar-refractivity contribution in [1.29, 1.82) is 0 Å². The van der Waals surface area contributed by atoms with Crippen LogP contribution in [0.15, 0.2) is 35.5 Å². The van der Waals surface area contributed by atoms with Crippen molar-refractivity contribution in [1.82, 2.24) is 14.8 Å². The number of nitrogens with one attached hydrogen (secondary N) is 1. The zero-order valence-electron chi connectivity index (χ0n) is 17.8. The van der Waals surface area contributed by atoms with Crippen LogP contribution in [-0.2, 0) is 17.6 Å². The lowest BCUT2D eigenvalue weighted by atomic mass is 9.88. The van der Waals surface area contributed by atoms with Gasteiger partial charge >= 0.3 is 0 Å². The number of aromatic nitrogens is 3. The largest absolute Gasteiger partial charge is 0.365 e. The standard InChI is InChI=1S/C23H25N5O2S2/c1-13-7-10-16-17(11-13)32-22(19(16)20(24)30)25-18(29)12-31-23-26-21(14-8-9-14)28(27-23)15-5-3-2-4-6-15/h2-6,13-14H,7-12H2,1H3,(H2,24,30)(H,25,29)/t13-/m0/s1. The summed E-state index contributed by atoms with van der Waals surface area (Å²) >= 11 is 2.79. The highest BCUT2D eigenvalue weighted by atomic mass is 32.2. The maximum Gasteiger partial charge on any atom is 0.251 e. The van der Waals surface area contributed by atoms with Gasteiger partial charge in [0.2, 0.25) is 11.1 Å². The number of carbonyl (C=O) groups excluding carboxylic acids is 2. The summed E-state index contributed by atoms with van der Waals surface area (Å²) in [5.41, 5.74) is 8.13. The van der Waals surface area contributed by atoms with Crippen molar-refractivity contribution in [3.05, 3.63) is 52.2 Å². The summed E-state index contributed by atoms with van der Waals surface area (Å²) in [6, 6.07) is 9.94. The average molecular weight is 468 g/mol. The van der Waals surface area contributed by atoms with Gasteiger partial charge in [-0.2, -0.15) is 0 Å². The second kappa shape index (κ2) is 8.71. The molecule has 2 aromatic heterocycles. The van der Waals surface area contributed by atoms with Gasteiger partial charge in [0.15, 0.2) is 0 Å². The van der Waals surface area contributed by atoms with Crippen LogP contribution in [0.3, 0.4) is 0 Å². The number of para-hydroxylation sites is 1. The summed E-state index contributed by atoms with van der Waals surface area (Å²) in [7, 11) is 0. The van der Waals surface area contributed by atoms with Gasteiger partial charge in [-0.05, 0) is 55.7 Å². The van der Waals surface area contributed by atoms with E-state index in [0.29, 0.717) is 27.6 Å². The SMILES string of the molecule is C[C@H]1CCc2c(sc(NC(=O)CSc3nc(C4CC4)n(-c4ccccc4)n3)c2C(N)=O)C1. The summed E-state index contributed by atoms with van der Waals surface area (Å²) < 4.78 is 1.89. The normalized spacial score (nSPS) is 17.7. The lowest BCUT2D eigenvalue weighted by Gasteiger charge is -2.18. The zero-order chi connectivity index (χ0) is 22.2. The number of carbonyl (C=O) groups is 2. The van der Waals surface area contributed by atoms with Gasteiger partial charge in [-0.15, -0.1) is 16.4 Å². The van der Waals surface area contributed by atoms with E-state index in [1.54, 1.807) is 0 Å². The summed E-state index contributed by atoms with van der Waals surface area (Å²) in [4.78, 5) is 30.7. The minimum Gasteiger partial charge on any atom is -0.365 e. The van der Waals surface area contributed by atoms with Crippen molar-refractivity contribution in [2.75, 3.05) is 11.1 Å². The van der Waals surface area contributed by atoms with Crippen molar-refractivity contribution < 1.29 is 9.59 Å². The number of hydrogen-bond acceptors (Lipinski definition) is 6. The molecule has 1 atom stereocenters. The van der Waals surface area contributed by atoms with Crippen LogP contribution in [0.4, 0.5) is 5.00 Å². The number of thiophene rings is 1. The van der Waals surface area contributed by atoms with Crippen molar-refractivity contribution in [3.63, 3.8) is 0 Å². The number of fused-ring (bicyclic) bond motifs is 1. The number of amides is 2. The van der Waals surface area contributed by atoms with E-state index in [1.807, 2.05) is 35.0 Å². The lowest BCUT2D eigenvalue weighted by molar-refractivity contribution is -0.113. The number of rotatable bonds is 7. The molecule has 32 heavy (non-hydrogen) atoms. The highest BCUT2D eigenvalue weighted by Gasteiger charge is 2.31. The van der Waals surface area contributed by atoms with E-state index in [4.69, 9.17) is 10.7 Å². The molecule has 166 valence electrons. The Morgan fingerprint density at radius 1 is 1.25 bits per heavy atom. The van der Waals surface area contributed by atoms with Gasteiger partial charge in [-0.3, -0.25) is 9.59 Å². The molecule has 5 rings (SSSR count). The molecule has 0 unspecified atom stereocenters. The monoisotopic (exact) mass is 467 g/mol. The molecule has 7 nitrogen and oxygen atoms in total. The first-order chi connectivity index (χ1) is 15.5. The number of primary amides is 1. The van der Waals surface area contributed by atoms with E-state index in [-0.39, 0.29) is 11.7 Å². The molecule has 0 spiro atoms. The highest BCUT2D eigenvalue weighted by molar-refractivity contribution is 7.99. The fourth-order valence-corrected chi connectivity index (χ4v) is 6.19. The van der Waals surface area contributed by atoms with E-state index >= 15 is 0 Å². The molecule has 3 aromatic rings. The molecule has 2 aliphatic rings. The molecule has 2 heterocycles. The first kappa shape index (κ1) is 21.2. The van der Waals surface area contributed by atoms with Gasteiger partial charge in [-0.1, -0.05) is 36.9 Å². The van der Waals surface area contributed by atoms with Crippen molar-refractivity contribution in [2.24, 2.45) is 11.7 Å². The van der Waals surface area contributed by atoms with Crippen LogP contribution in [0.1, 0.15) is 58.7 Å². The quantitative estimate of drug-likeness (QED) is 0.508. The van der Waals surface area contributed by atoms with Crippen molar-refractivity contribution >= 4 is 39.9 Å². The third kappa shape index (κ3) is 4.31. The van der Waals surface area contributed by atoms with Gasteiger partial charge in [0, 0.05) is 10.8 Å². The molecule has 3 N–H and O–H groups in total. The van der Waals surface area contributed by atoms with E-state index < -0.39 is 5.91 Å². The van der Waals surface area contributed by atoms with Crippen LogP contribution >= 0.6 is 23.1 Å². The predicted octanol–water partition coefficient (Wildman–Crippen LogP) is 4.16. The number of nitrogens with two attached hydrogens (primary N) is 1. The van der Waals surface area contributed by atoms with E-state index in [2.05, 4.69) is 17.3 Å². The summed E-state index contributed by atoms with van der Waals surface area (Å²) in [6.07, 6.45) is 5.03. The smallest absolute Gasteiger partial charge is 0.251 e. The lowest BCUT2D eigenvalue weighted by Crippen LogP contribution is -2.20. The first-order valence-electron chi connectivity index (χ1n) is 10.9. The molecule has 2 amide bonds. The Kier molecular flexibility index (Phi) is 5.77. The molecule has 0 saturated heterocycles. The van der Waals surface area contributed by atoms with Crippen LogP contribution < -0.4 is 11.1 Å². The molecule has 0 bridgehead atoms. The third-order valence-corrected chi connectivity index (χ3v) is 7.91. The van der Waals surface area contributed by atoms with Gasteiger partial charge in [0.25, 0.3) is 5.91 Å². The van der Waals surface area contributed by atoms with Gasteiger partial charge < -0.3 is 11.1 Å².